The monoisotopic (exact) mass is 413 g/mol. The van der Waals surface area contributed by atoms with E-state index in [9.17, 15) is 9.59 Å². The molecule has 0 saturated heterocycles. The molecule has 156 valence electrons. The Balaban J connectivity index is 1.42. The van der Waals surface area contributed by atoms with Gasteiger partial charge in [0, 0.05) is 35.4 Å². The number of hydrogen-bond acceptors (Lipinski definition) is 4. The molecule has 2 amide bonds. The van der Waals surface area contributed by atoms with Crippen LogP contribution in [0.25, 0.3) is 11.0 Å². The van der Waals surface area contributed by atoms with E-state index < -0.39 is 0 Å². The highest BCUT2D eigenvalue weighted by Gasteiger charge is 2.12. The zero-order valence-electron chi connectivity index (χ0n) is 17.4. The topological polar surface area (TPSA) is 88.9 Å². The molecule has 2 heterocycles. The van der Waals surface area contributed by atoms with Crippen molar-refractivity contribution in [3.05, 3.63) is 89.7 Å². The van der Waals surface area contributed by atoms with Gasteiger partial charge in [-0.05, 0) is 49.7 Å². The second-order valence-electron chi connectivity index (χ2n) is 7.52. The number of rotatable bonds is 6. The Bertz CT molecular complexity index is 1230. The van der Waals surface area contributed by atoms with Gasteiger partial charge in [0.25, 0.3) is 11.8 Å². The van der Waals surface area contributed by atoms with Gasteiger partial charge in [-0.2, -0.15) is 5.10 Å². The van der Waals surface area contributed by atoms with Gasteiger partial charge in [0.05, 0.1) is 11.8 Å². The van der Waals surface area contributed by atoms with Crippen molar-refractivity contribution in [3.8, 4) is 0 Å². The highest BCUT2D eigenvalue weighted by molar-refractivity contribution is 6.04. The van der Waals surface area contributed by atoms with Crippen LogP contribution in [0.4, 0.5) is 5.69 Å². The predicted octanol–water partition coefficient (Wildman–Crippen LogP) is 4.19. The maximum absolute atomic E-state index is 12.6. The Morgan fingerprint density at radius 1 is 0.935 bits per heavy atom. The summed E-state index contributed by atoms with van der Waals surface area (Å²) >= 11 is 0. The molecule has 0 unspecified atom stereocenters. The largest absolute Gasteiger partial charge is 0.348 e. The smallest absolute Gasteiger partial charge is 0.255 e. The number of pyridine rings is 1. The lowest BCUT2D eigenvalue weighted by molar-refractivity contribution is 0.0950. The van der Waals surface area contributed by atoms with E-state index in [-0.39, 0.29) is 17.9 Å². The summed E-state index contributed by atoms with van der Waals surface area (Å²) in [6, 6.07) is 18.4. The minimum atomic E-state index is -0.231. The summed E-state index contributed by atoms with van der Waals surface area (Å²) in [5.74, 6) is -0.429. The maximum atomic E-state index is 12.6. The first-order valence-corrected chi connectivity index (χ1v) is 10.1. The highest BCUT2D eigenvalue weighted by atomic mass is 16.2. The lowest BCUT2D eigenvalue weighted by atomic mass is 10.1. The number of anilines is 1. The van der Waals surface area contributed by atoms with Crippen LogP contribution < -0.4 is 10.6 Å². The zero-order valence-corrected chi connectivity index (χ0v) is 17.4. The molecule has 0 saturated carbocycles. The molecule has 4 rings (SSSR count). The summed E-state index contributed by atoms with van der Waals surface area (Å²) < 4.78 is 1.82. The zero-order chi connectivity index (χ0) is 21.8. The molecule has 2 N–H and O–H groups in total. The van der Waals surface area contributed by atoms with Gasteiger partial charge in [0.2, 0.25) is 0 Å². The Morgan fingerprint density at radius 2 is 1.74 bits per heavy atom. The molecule has 4 aromatic rings. The van der Waals surface area contributed by atoms with E-state index in [1.165, 1.54) is 0 Å². The van der Waals surface area contributed by atoms with Gasteiger partial charge in [-0.3, -0.25) is 9.59 Å². The van der Waals surface area contributed by atoms with Gasteiger partial charge in [-0.1, -0.05) is 30.3 Å². The van der Waals surface area contributed by atoms with Crippen LogP contribution in [0.3, 0.4) is 0 Å². The molecule has 0 atom stereocenters. The molecule has 0 fully saturated rings. The second kappa shape index (κ2) is 8.79. The third-order valence-electron chi connectivity index (χ3n) is 4.86. The number of nitrogens with zero attached hydrogens (tertiary/aromatic N) is 3. The van der Waals surface area contributed by atoms with Crippen molar-refractivity contribution in [2.24, 2.45) is 0 Å². The van der Waals surface area contributed by atoms with Crippen LogP contribution in [0.15, 0.2) is 73.1 Å². The van der Waals surface area contributed by atoms with Crippen molar-refractivity contribution in [1.82, 2.24) is 20.1 Å². The first kappa shape index (κ1) is 20.3. The van der Waals surface area contributed by atoms with Crippen LogP contribution >= 0.6 is 0 Å². The first-order chi connectivity index (χ1) is 15.0. The molecule has 31 heavy (non-hydrogen) atoms. The summed E-state index contributed by atoms with van der Waals surface area (Å²) in [5, 5.41) is 10.9. The Labute approximate surface area is 180 Å². The van der Waals surface area contributed by atoms with Gasteiger partial charge in [0.1, 0.15) is 0 Å². The number of fused-ring (bicyclic) bond motifs is 1. The van der Waals surface area contributed by atoms with Crippen molar-refractivity contribution in [2.45, 2.75) is 26.4 Å². The van der Waals surface area contributed by atoms with Crippen LogP contribution in [-0.2, 0) is 6.54 Å². The summed E-state index contributed by atoms with van der Waals surface area (Å²) in [7, 11) is 0. The SMILES string of the molecule is CC(C)n1ncc2cc(C(=O)NCc3cccc(C(=O)Nc4ccccc4)c3)cnc21. The van der Waals surface area contributed by atoms with Crippen LogP contribution in [0.2, 0.25) is 0 Å². The van der Waals surface area contributed by atoms with Crippen molar-refractivity contribution >= 4 is 28.5 Å². The van der Waals surface area contributed by atoms with E-state index in [1.54, 1.807) is 36.7 Å². The molecular formula is C24H23N5O2. The van der Waals surface area contributed by atoms with Gasteiger partial charge >= 0.3 is 0 Å². The maximum Gasteiger partial charge on any atom is 0.255 e. The van der Waals surface area contributed by atoms with Crippen LogP contribution in [0.5, 0.6) is 0 Å². The van der Waals surface area contributed by atoms with Crippen molar-refractivity contribution in [2.75, 3.05) is 5.32 Å². The third-order valence-corrected chi connectivity index (χ3v) is 4.86. The quantitative estimate of drug-likeness (QED) is 0.496. The number of para-hydroxylation sites is 1. The molecule has 7 heteroatoms. The number of nitrogens with one attached hydrogen (secondary N) is 2. The Kier molecular flexibility index (Phi) is 5.75. The van der Waals surface area contributed by atoms with E-state index >= 15 is 0 Å². The van der Waals surface area contributed by atoms with Crippen LogP contribution in [0, 0.1) is 0 Å². The van der Waals surface area contributed by atoms with E-state index in [0.29, 0.717) is 17.7 Å². The third kappa shape index (κ3) is 4.61. The Hall–Kier alpha value is -4.00. The molecule has 0 aliphatic heterocycles. The average Bonchev–Trinajstić information content (AvgIpc) is 3.22. The normalized spacial score (nSPS) is 10.9. The summed E-state index contributed by atoms with van der Waals surface area (Å²) in [4.78, 5) is 29.5. The molecule has 0 aliphatic carbocycles. The minimum absolute atomic E-state index is 0.191. The molecule has 0 aliphatic rings. The summed E-state index contributed by atoms with van der Waals surface area (Å²) in [6.07, 6.45) is 3.27. The number of carbonyl (C=O) groups excluding carboxylic acids is 2. The molecule has 7 nitrogen and oxygen atoms in total. The first-order valence-electron chi connectivity index (χ1n) is 10.1. The summed E-state index contributed by atoms with van der Waals surface area (Å²) in [5.41, 5.74) is 3.31. The van der Waals surface area contributed by atoms with Crippen molar-refractivity contribution < 1.29 is 9.59 Å². The number of hydrogen-bond donors (Lipinski definition) is 2. The average molecular weight is 413 g/mol. The van der Waals surface area contributed by atoms with E-state index in [2.05, 4.69) is 20.7 Å². The molecule has 0 spiro atoms. The molecule has 0 radical (unpaired) electrons. The molecule has 2 aromatic carbocycles. The molecular weight excluding hydrogens is 390 g/mol. The fraction of sp³-hybridized carbons (Fsp3) is 0.167. The second-order valence-corrected chi connectivity index (χ2v) is 7.52. The lowest BCUT2D eigenvalue weighted by Crippen LogP contribution is -2.23. The highest BCUT2D eigenvalue weighted by Crippen LogP contribution is 2.17. The van der Waals surface area contributed by atoms with E-state index in [0.717, 1.165) is 22.3 Å². The van der Waals surface area contributed by atoms with Gasteiger partial charge in [-0.25, -0.2) is 9.67 Å². The van der Waals surface area contributed by atoms with Gasteiger partial charge < -0.3 is 10.6 Å². The lowest BCUT2D eigenvalue weighted by Gasteiger charge is -2.09. The van der Waals surface area contributed by atoms with E-state index in [1.807, 2.05) is 54.9 Å². The van der Waals surface area contributed by atoms with Crippen LogP contribution in [-0.4, -0.2) is 26.6 Å². The fourth-order valence-corrected chi connectivity index (χ4v) is 3.27. The fourth-order valence-electron chi connectivity index (χ4n) is 3.27. The molecule has 2 aromatic heterocycles. The van der Waals surface area contributed by atoms with Crippen LogP contribution in [0.1, 0.15) is 46.2 Å². The standard InChI is InChI=1S/C24H23N5O2/c1-16(2)29-22-19(15-27-29)12-20(14-25-22)23(30)26-13-17-7-6-8-18(11-17)24(31)28-21-9-4-3-5-10-21/h3-12,14-16H,13H2,1-2H3,(H,26,30)(H,28,31). The number of amides is 2. The van der Waals surface area contributed by atoms with Gasteiger partial charge in [-0.15, -0.1) is 0 Å². The number of benzene rings is 2. The summed E-state index contributed by atoms with van der Waals surface area (Å²) in [6.45, 7) is 4.36. The van der Waals surface area contributed by atoms with Gasteiger partial charge in [0.15, 0.2) is 5.65 Å². The number of carbonyl (C=O) groups is 2. The predicted molar refractivity (Wildman–Crippen MR) is 120 cm³/mol. The Morgan fingerprint density at radius 3 is 2.52 bits per heavy atom. The molecule has 0 bridgehead atoms. The van der Waals surface area contributed by atoms with Crippen molar-refractivity contribution in [1.29, 1.82) is 0 Å². The van der Waals surface area contributed by atoms with Crippen molar-refractivity contribution in [3.63, 3.8) is 0 Å². The minimum Gasteiger partial charge on any atom is -0.348 e. The number of aromatic nitrogens is 3. The van der Waals surface area contributed by atoms with E-state index in [4.69, 9.17) is 0 Å².